The summed E-state index contributed by atoms with van der Waals surface area (Å²) < 4.78 is 17.8. The Bertz CT molecular complexity index is 1680. The molecule has 1 aliphatic carbocycles. The second-order valence-corrected chi connectivity index (χ2v) is 9.71. The van der Waals surface area contributed by atoms with E-state index in [4.69, 9.17) is 17.3 Å². The Kier molecular flexibility index (Phi) is 4.50. The quantitative estimate of drug-likeness (QED) is 0.426. The van der Waals surface area contributed by atoms with Gasteiger partial charge in [0.25, 0.3) is 5.56 Å². The molecule has 36 heavy (non-hydrogen) atoms. The standard InChI is InChI=1S/C25H18ClFN8O/c26-14-1-3-20(34-11-30-32-33-34)16(8-14)12-6-21-17-9-18(17)24(35(21)23(36)7-12)19-5-13(10-29-19)15-2-4-22(28)31-25(15)27/h1-4,6-8,10-11,17-18,24H,5,9H2,(H2,28,31)/t17-,18+,24+/m1/s1. The highest BCUT2D eigenvalue weighted by Gasteiger charge is 2.54. The summed E-state index contributed by atoms with van der Waals surface area (Å²) in [6.07, 6.45) is 4.61. The van der Waals surface area contributed by atoms with Crippen molar-refractivity contribution in [3.63, 3.8) is 0 Å². The summed E-state index contributed by atoms with van der Waals surface area (Å²) in [5.41, 5.74) is 10.7. The van der Waals surface area contributed by atoms with Crippen LogP contribution in [0, 0.1) is 11.9 Å². The Balaban J connectivity index is 1.25. The smallest absolute Gasteiger partial charge is 0.251 e. The molecule has 1 saturated carbocycles. The zero-order chi connectivity index (χ0) is 24.6. The minimum Gasteiger partial charge on any atom is -0.384 e. The van der Waals surface area contributed by atoms with E-state index in [2.05, 4.69) is 31.6 Å². The van der Waals surface area contributed by atoms with Crippen LogP contribution in [0.25, 0.3) is 22.4 Å². The van der Waals surface area contributed by atoms with Gasteiger partial charge in [-0.3, -0.25) is 9.79 Å². The van der Waals surface area contributed by atoms with Crippen LogP contribution in [0.2, 0.25) is 5.02 Å². The van der Waals surface area contributed by atoms with E-state index in [0.717, 1.165) is 40.2 Å². The zero-order valence-electron chi connectivity index (χ0n) is 18.7. The van der Waals surface area contributed by atoms with Crippen LogP contribution in [-0.2, 0) is 0 Å². The van der Waals surface area contributed by atoms with Gasteiger partial charge in [0, 0.05) is 52.2 Å². The number of pyridine rings is 2. The van der Waals surface area contributed by atoms with Crippen LogP contribution in [0.1, 0.15) is 36.1 Å². The average Bonchev–Trinajstić information content (AvgIpc) is 3.20. The van der Waals surface area contributed by atoms with Crippen molar-refractivity contribution in [1.29, 1.82) is 0 Å². The molecule has 7 rings (SSSR count). The van der Waals surface area contributed by atoms with Crippen molar-refractivity contribution in [2.24, 2.45) is 10.9 Å². The first-order valence-electron chi connectivity index (χ1n) is 11.5. The largest absolute Gasteiger partial charge is 0.384 e. The van der Waals surface area contributed by atoms with E-state index in [1.54, 1.807) is 35.1 Å². The maximum absolute atomic E-state index is 14.4. The van der Waals surface area contributed by atoms with Crippen molar-refractivity contribution >= 4 is 28.7 Å². The van der Waals surface area contributed by atoms with Crippen molar-refractivity contribution in [1.82, 2.24) is 29.8 Å². The fourth-order valence-electron chi connectivity index (χ4n) is 5.52. The van der Waals surface area contributed by atoms with Gasteiger partial charge in [-0.1, -0.05) is 11.6 Å². The van der Waals surface area contributed by atoms with Gasteiger partial charge in [0.15, 0.2) is 0 Å². The number of hydrogen-bond acceptors (Lipinski definition) is 7. The average molecular weight is 501 g/mol. The van der Waals surface area contributed by atoms with E-state index in [1.807, 2.05) is 16.7 Å². The third-order valence-corrected chi connectivity index (χ3v) is 7.42. The molecule has 3 atom stereocenters. The monoisotopic (exact) mass is 500 g/mol. The Morgan fingerprint density at radius 1 is 1.11 bits per heavy atom. The number of anilines is 1. The molecule has 0 amide bonds. The summed E-state index contributed by atoms with van der Waals surface area (Å²) in [4.78, 5) is 21.8. The summed E-state index contributed by atoms with van der Waals surface area (Å²) in [5.74, 6) is 0.0922. The van der Waals surface area contributed by atoms with Crippen molar-refractivity contribution in [2.45, 2.75) is 24.8 Å². The number of allylic oxidation sites excluding steroid dienone is 1. The molecular formula is C25H18ClFN8O. The Morgan fingerprint density at radius 3 is 2.81 bits per heavy atom. The van der Waals surface area contributed by atoms with Gasteiger partial charge >= 0.3 is 0 Å². The topological polar surface area (TPSA) is 117 Å². The Labute approximate surface area is 208 Å². The fourth-order valence-corrected chi connectivity index (χ4v) is 5.69. The van der Waals surface area contributed by atoms with Crippen LogP contribution in [-0.4, -0.2) is 35.5 Å². The molecule has 0 unspecified atom stereocenters. The van der Waals surface area contributed by atoms with Gasteiger partial charge in [-0.15, -0.1) is 5.10 Å². The summed E-state index contributed by atoms with van der Waals surface area (Å²) in [6.45, 7) is 0. The SMILES string of the molecule is Nc1ccc(C2=CN=C([C@@H]3[C@H]4C[C@H]4c4cc(-c5cc(Cl)ccc5-n5cnnn5)cc(=O)n43)C2)c(F)n1. The summed E-state index contributed by atoms with van der Waals surface area (Å²) >= 11 is 6.31. The van der Waals surface area contributed by atoms with Crippen LogP contribution in [0.5, 0.6) is 0 Å². The van der Waals surface area contributed by atoms with E-state index >= 15 is 0 Å². The molecule has 0 saturated heterocycles. The molecule has 0 radical (unpaired) electrons. The third-order valence-electron chi connectivity index (χ3n) is 7.18. The summed E-state index contributed by atoms with van der Waals surface area (Å²) in [5, 5.41) is 12.0. The summed E-state index contributed by atoms with van der Waals surface area (Å²) in [6, 6.07) is 12.1. The number of hydrogen-bond donors (Lipinski definition) is 1. The van der Waals surface area contributed by atoms with E-state index in [-0.39, 0.29) is 23.3 Å². The van der Waals surface area contributed by atoms with Gasteiger partial charge < -0.3 is 10.3 Å². The Hall–Kier alpha value is -4.18. The molecular weight excluding hydrogens is 483 g/mol. The van der Waals surface area contributed by atoms with E-state index in [9.17, 15) is 9.18 Å². The number of nitrogen functional groups attached to an aromatic ring is 1. The van der Waals surface area contributed by atoms with Gasteiger partial charge in [-0.2, -0.15) is 9.07 Å². The summed E-state index contributed by atoms with van der Waals surface area (Å²) in [7, 11) is 0. The predicted octanol–water partition coefficient (Wildman–Crippen LogP) is 3.80. The lowest BCUT2D eigenvalue weighted by molar-refractivity contribution is 0.579. The number of rotatable bonds is 4. The van der Waals surface area contributed by atoms with Crippen LogP contribution in [0.4, 0.5) is 10.2 Å². The number of fused-ring (bicyclic) bond motifs is 3. The van der Waals surface area contributed by atoms with E-state index in [1.165, 1.54) is 6.33 Å². The second kappa shape index (κ2) is 7.66. The number of halogens is 2. The second-order valence-electron chi connectivity index (χ2n) is 9.27. The van der Waals surface area contributed by atoms with Crippen molar-refractivity contribution in [3.8, 4) is 16.8 Å². The highest BCUT2D eigenvalue weighted by molar-refractivity contribution is 6.31. The molecule has 0 spiro atoms. The first-order chi connectivity index (χ1) is 17.5. The molecule has 9 nitrogen and oxygen atoms in total. The van der Waals surface area contributed by atoms with E-state index < -0.39 is 5.95 Å². The van der Waals surface area contributed by atoms with Gasteiger partial charge in [0.05, 0.1) is 11.7 Å². The Morgan fingerprint density at radius 2 is 2.00 bits per heavy atom. The first kappa shape index (κ1) is 21.1. The molecule has 2 N–H and O–H groups in total. The van der Waals surface area contributed by atoms with Gasteiger partial charge in [0.1, 0.15) is 12.1 Å². The highest BCUT2D eigenvalue weighted by atomic mass is 35.5. The number of nitrogens with two attached hydrogens (primary N) is 1. The lowest BCUT2D eigenvalue weighted by Gasteiger charge is -2.20. The molecule has 0 bridgehead atoms. The van der Waals surface area contributed by atoms with Crippen molar-refractivity contribution < 1.29 is 4.39 Å². The van der Waals surface area contributed by atoms with Gasteiger partial charge in [-0.05, 0) is 70.3 Å². The normalized spacial score (nSPS) is 21.7. The molecule has 178 valence electrons. The minimum atomic E-state index is -0.615. The maximum atomic E-state index is 14.4. The van der Waals surface area contributed by atoms with Crippen LogP contribution in [0.3, 0.4) is 0 Å². The number of benzene rings is 1. The van der Waals surface area contributed by atoms with Crippen molar-refractivity contribution in [3.05, 3.63) is 87.6 Å². The number of aromatic nitrogens is 6. The van der Waals surface area contributed by atoms with Gasteiger partial charge in [-0.25, -0.2) is 4.98 Å². The third kappa shape index (κ3) is 3.21. The van der Waals surface area contributed by atoms with Crippen molar-refractivity contribution in [2.75, 3.05) is 5.73 Å². The number of aliphatic imine (C=N–C) groups is 1. The molecule has 4 aromatic rings. The van der Waals surface area contributed by atoms with Crippen LogP contribution in [0.15, 0.2) is 64.8 Å². The molecule has 11 heteroatoms. The first-order valence-corrected chi connectivity index (χ1v) is 11.8. The molecule has 5 heterocycles. The fraction of sp³-hybridized carbons (Fsp3) is 0.200. The molecule has 3 aromatic heterocycles. The van der Waals surface area contributed by atoms with Crippen LogP contribution < -0.4 is 11.3 Å². The van der Waals surface area contributed by atoms with E-state index in [0.29, 0.717) is 22.9 Å². The highest BCUT2D eigenvalue weighted by Crippen LogP contribution is 2.60. The lowest BCUT2D eigenvalue weighted by Crippen LogP contribution is -2.29. The molecule has 1 fully saturated rings. The lowest BCUT2D eigenvalue weighted by atomic mass is 9.98. The molecule has 1 aromatic carbocycles. The zero-order valence-corrected chi connectivity index (χ0v) is 19.5. The number of tetrazole rings is 1. The molecule has 2 aliphatic heterocycles. The maximum Gasteiger partial charge on any atom is 0.251 e. The number of nitrogens with zero attached hydrogens (tertiary/aromatic N) is 7. The minimum absolute atomic E-state index is 0.112. The predicted molar refractivity (Wildman–Crippen MR) is 132 cm³/mol. The molecule has 3 aliphatic rings. The van der Waals surface area contributed by atoms with Gasteiger partial charge in [0.2, 0.25) is 5.95 Å². The van der Waals surface area contributed by atoms with Crippen LogP contribution >= 0.6 is 11.6 Å².